The summed E-state index contributed by atoms with van der Waals surface area (Å²) in [6.45, 7) is 0. The van der Waals surface area contributed by atoms with Crippen molar-refractivity contribution in [2.75, 3.05) is 14.2 Å². The van der Waals surface area contributed by atoms with Gasteiger partial charge in [0.25, 0.3) is 0 Å². The van der Waals surface area contributed by atoms with Crippen LogP contribution in [0.1, 0.15) is 0 Å². The Bertz CT molecular complexity index is 499. The predicted octanol–water partition coefficient (Wildman–Crippen LogP) is 3.01. The first-order valence-electron chi connectivity index (χ1n) is 4.42. The summed E-state index contributed by atoms with van der Waals surface area (Å²) in [7, 11) is 3.25. The second-order valence-electron chi connectivity index (χ2n) is 3.03. The number of hydrogen-bond acceptors (Lipinski definition) is 3. The number of fused-ring (bicyclic) bond motifs is 1. The number of hydrogen-bond donors (Lipinski definition) is 0. The Balaban J connectivity index is 2.76. The van der Waals surface area contributed by atoms with Crippen molar-refractivity contribution in [3.05, 3.63) is 29.0 Å². The predicted molar refractivity (Wildman–Crippen MR) is 62.5 cm³/mol. The first-order chi connectivity index (χ1) is 7.26. The molecule has 1 aromatic heterocycles. The van der Waals surface area contributed by atoms with Crippen LogP contribution in [0.3, 0.4) is 0 Å². The number of nitrogens with zero attached hydrogens (tertiary/aromatic N) is 1. The summed E-state index contributed by atoms with van der Waals surface area (Å²) in [6, 6.07) is 5.80. The quantitative estimate of drug-likeness (QED) is 0.784. The highest BCUT2D eigenvalue weighted by atomic mass is 79.9. The number of methoxy groups -OCH3 is 2. The molecule has 3 nitrogen and oxygen atoms in total. The van der Waals surface area contributed by atoms with Crippen LogP contribution < -0.4 is 9.47 Å². The van der Waals surface area contributed by atoms with Crippen molar-refractivity contribution >= 4 is 26.7 Å². The van der Waals surface area contributed by atoms with E-state index in [2.05, 4.69) is 20.9 Å². The largest absolute Gasteiger partial charge is 0.493 e. The third-order valence-corrected chi connectivity index (χ3v) is 2.64. The van der Waals surface area contributed by atoms with Gasteiger partial charge in [-0.1, -0.05) is 6.07 Å². The lowest BCUT2D eigenvalue weighted by Gasteiger charge is -2.10. The summed E-state index contributed by atoms with van der Waals surface area (Å²) in [5.41, 5.74) is 0. The Morgan fingerprint density at radius 3 is 2.67 bits per heavy atom. The van der Waals surface area contributed by atoms with Crippen LogP contribution in [0.25, 0.3) is 10.8 Å². The van der Waals surface area contributed by atoms with Crippen LogP contribution in [0, 0.1) is 0 Å². The molecule has 0 spiro atoms. The van der Waals surface area contributed by atoms with E-state index >= 15 is 0 Å². The van der Waals surface area contributed by atoms with E-state index in [1.807, 2.05) is 18.2 Å². The molecular weight excluding hydrogens is 258 g/mol. The lowest BCUT2D eigenvalue weighted by Crippen LogP contribution is -1.92. The van der Waals surface area contributed by atoms with Gasteiger partial charge in [-0.05, 0) is 33.4 Å². The maximum absolute atomic E-state index is 5.31. The second kappa shape index (κ2) is 4.06. The highest BCUT2D eigenvalue weighted by Gasteiger charge is 2.08. The molecule has 0 radical (unpaired) electrons. The molecule has 1 heterocycles. The van der Waals surface area contributed by atoms with Gasteiger partial charge in [0.05, 0.1) is 14.2 Å². The Labute approximate surface area is 96.2 Å². The summed E-state index contributed by atoms with van der Waals surface area (Å²) in [4.78, 5) is 4.17. The fraction of sp³-hybridized carbons (Fsp3) is 0.182. The number of pyridine rings is 1. The van der Waals surface area contributed by atoms with E-state index in [0.717, 1.165) is 21.1 Å². The molecule has 0 fully saturated rings. The van der Waals surface area contributed by atoms with Gasteiger partial charge in [-0.2, -0.15) is 0 Å². The smallest absolute Gasteiger partial charge is 0.170 e. The summed E-state index contributed by atoms with van der Waals surface area (Å²) in [5, 5.41) is 2.01. The lowest BCUT2D eigenvalue weighted by atomic mass is 10.1. The summed E-state index contributed by atoms with van der Waals surface area (Å²) in [5.74, 6) is 1.43. The van der Waals surface area contributed by atoms with E-state index in [1.54, 1.807) is 20.4 Å². The molecule has 15 heavy (non-hydrogen) atoms. The van der Waals surface area contributed by atoms with Crippen LogP contribution in [-0.2, 0) is 0 Å². The van der Waals surface area contributed by atoms with Crippen molar-refractivity contribution in [1.29, 1.82) is 0 Å². The van der Waals surface area contributed by atoms with Crippen LogP contribution in [0.2, 0.25) is 0 Å². The molecule has 0 atom stereocenters. The minimum Gasteiger partial charge on any atom is -0.493 e. The highest BCUT2D eigenvalue weighted by molar-refractivity contribution is 9.10. The van der Waals surface area contributed by atoms with Gasteiger partial charge in [0.1, 0.15) is 4.60 Å². The zero-order chi connectivity index (χ0) is 10.8. The topological polar surface area (TPSA) is 31.4 Å². The molecule has 0 aliphatic heterocycles. The van der Waals surface area contributed by atoms with Crippen molar-refractivity contribution in [3.63, 3.8) is 0 Å². The molecule has 4 heteroatoms. The van der Waals surface area contributed by atoms with E-state index in [4.69, 9.17) is 9.47 Å². The zero-order valence-corrected chi connectivity index (χ0v) is 10.0. The van der Waals surface area contributed by atoms with Gasteiger partial charge < -0.3 is 9.47 Å². The third kappa shape index (κ3) is 1.77. The first-order valence-corrected chi connectivity index (χ1v) is 5.22. The van der Waals surface area contributed by atoms with Crippen molar-refractivity contribution in [1.82, 2.24) is 4.98 Å². The van der Waals surface area contributed by atoms with Gasteiger partial charge in [0.15, 0.2) is 11.5 Å². The fourth-order valence-electron chi connectivity index (χ4n) is 1.52. The Hall–Kier alpha value is -1.29. The average molecular weight is 268 g/mol. The molecule has 1 aromatic carbocycles. The van der Waals surface area contributed by atoms with Gasteiger partial charge in [0.2, 0.25) is 0 Å². The van der Waals surface area contributed by atoms with Crippen LogP contribution in [-0.4, -0.2) is 19.2 Å². The van der Waals surface area contributed by atoms with Crippen molar-refractivity contribution in [2.24, 2.45) is 0 Å². The van der Waals surface area contributed by atoms with E-state index in [0.29, 0.717) is 5.75 Å². The molecule has 0 saturated heterocycles. The van der Waals surface area contributed by atoms with Crippen LogP contribution in [0.4, 0.5) is 0 Å². The van der Waals surface area contributed by atoms with Gasteiger partial charge in [-0.15, -0.1) is 0 Å². The minimum absolute atomic E-state index is 0.717. The number of halogens is 1. The average Bonchev–Trinajstić information content (AvgIpc) is 2.27. The summed E-state index contributed by atoms with van der Waals surface area (Å²) in [6.07, 6.45) is 1.76. The SMILES string of the molecule is COc1ccc2cc(Br)ncc2c1OC. The maximum atomic E-state index is 5.31. The maximum Gasteiger partial charge on any atom is 0.170 e. The van der Waals surface area contributed by atoms with Gasteiger partial charge in [0, 0.05) is 11.6 Å². The molecule has 0 aliphatic carbocycles. The lowest BCUT2D eigenvalue weighted by molar-refractivity contribution is 0.358. The number of rotatable bonds is 2. The normalized spacial score (nSPS) is 10.3. The molecule has 2 aromatic rings. The molecule has 0 N–H and O–H groups in total. The number of ether oxygens (including phenoxy) is 2. The van der Waals surface area contributed by atoms with Crippen LogP contribution >= 0.6 is 15.9 Å². The zero-order valence-electron chi connectivity index (χ0n) is 8.45. The molecule has 0 amide bonds. The van der Waals surface area contributed by atoms with Gasteiger partial charge in [-0.3, -0.25) is 0 Å². The van der Waals surface area contributed by atoms with Crippen LogP contribution in [0.15, 0.2) is 29.0 Å². The summed E-state index contributed by atoms with van der Waals surface area (Å²) >= 11 is 3.33. The van der Waals surface area contributed by atoms with Gasteiger partial charge in [-0.25, -0.2) is 4.98 Å². The second-order valence-corrected chi connectivity index (χ2v) is 3.84. The molecule has 0 saturated carbocycles. The first kappa shape index (κ1) is 10.2. The molecule has 0 bridgehead atoms. The Morgan fingerprint density at radius 1 is 1.20 bits per heavy atom. The van der Waals surface area contributed by atoms with Crippen LogP contribution in [0.5, 0.6) is 11.5 Å². The van der Waals surface area contributed by atoms with E-state index in [-0.39, 0.29) is 0 Å². The van der Waals surface area contributed by atoms with Crippen molar-refractivity contribution in [3.8, 4) is 11.5 Å². The highest BCUT2D eigenvalue weighted by Crippen LogP contribution is 2.35. The standard InChI is InChI=1S/C11H10BrNO2/c1-14-9-4-3-7-5-10(12)13-6-8(7)11(9)15-2/h3-6H,1-2H3. The molecule has 0 aliphatic rings. The fourth-order valence-corrected chi connectivity index (χ4v) is 1.87. The number of aromatic nitrogens is 1. The van der Waals surface area contributed by atoms with E-state index in [9.17, 15) is 0 Å². The molecule has 0 unspecified atom stereocenters. The summed E-state index contributed by atoms with van der Waals surface area (Å²) < 4.78 is 11.3. The van der Waals surface area contributed by atoms with E-state index in [1.165, 1.54) is 0 Å². The number of benzene rings is 1. The minimum atomic E-state index is 0.717. The molecule has 2 rings (SSSR count). The Kier molecular flexibility index (Phi) is 2.77. The third-order valence-electron chi connectivity index (χ3n) is 2.21. The van der Waals surface area contributed by atoms with Gasteiger partial charge >= 0.3 is 0 Å². The van der Waals surface area contributed by atoms with Crippen molar-refractivity contribution in [2.45, 2.75) is 0 Å². The molecule has 78 valence electrons. The Morgan fingerprint density at radius 2 is 2.00 bits per heavy atom. The van der Waals surface area contributed by atoms with E-state index < -0.39 is 0 Å². The molecular formula is C11H10BrNO2. The van der Waals surface area contributed by atoms with Crippen molar-refractivity contribution < 1.29 is 9.47 Å². The monoisotopic (exact) mass is 267 g/mol.